The molecule has 2 aliphatic heterocycles. The molecule has 0 N–H and O–H groups in total. The molecule has 3 atom stereocenters. The van der Waals surface area contributed by atoms with Crippen LogP contribution in [-0.4, -0.2) is 18.7 Å². The minimum absolute atomic E-state index is 0.0461. The summed E-state index contributed by atoms with van der Waals surface area (Å²) in [7, 11) is 0. The van der Waals surface area contributed by atoms with Crippen molar-refractivity contribution in [1.82, 2.24) is 0 Å². The predicted octanol–water partition coefficient (Wildman–Crippen LogP) is 1.69. The number of carbonyl (C=O) groups is 1. The summed E-state index contributed by atoms with van der Waals surface area (Å²) in [4.78, 5) is 11.5. The van der Waals surface area contributed by atoms with Crippen LogP contribution in [0.5, 0.6) is 0 Å². The highest BCUT2D eigenvalue weighted by molar-refractivity contribution is 5.76. The Labute approximate surface area is 88.0 Å². The first-order valence-corrected chi connectivity index (χ1v) is 5.23. The maximum atomic E-state index is 11.5. The van der Waals surface area contributed by atoms with Gasteiger partial charge in [0.15, 0.2) is 6.10 Å². The first-order chi connectivity index (χ1) is 7.36. The topological polar surface area (TPSA) is 35.5 Å². The quantitative estimate of drug-likeness (QED) is 0.653. The van der Waals surface area contributed by atoms with Crippen molar-refractivity contribution in [3.8, 4) is 0 Å². The number of esters is 1. The molecule has 1 aromatic carbocycles. The molecule has 2 heterocycles. The average molecular weight is 204 g/mol. The van der Waals surface area contributed by atoms with Crippen molar-refractivity contribution < 1.29 is 14.3 Å². The molecule has 0 aromatic heterocycles. The second kappa shape index (κ2) is 3.35. The summed E-state index contributed by atoms with van der Waals surface area (Å²) in [5.74, 6) is -0.151. The highest BCUT2D eigenvalue weighted by Gasteiger charge is 2.48. The summed E-state index contributed by atoms with van der Waals surface area (Å²) >= 11 is 0. The lowest BCUT2D eigenvalue weighted by molar-refractivity contribution is -0.145. The maximum absolute atomic E-state index is 11.5. The van der Waals surface area contributed by atoms with Gasteiger partial charge in [-0.25, -0.2) is 0 Å². The molecule has 2 saturated heterocycles. The molecule has 2 fully saturated rings. The van der Waals surface area contributed by atoms with Crippen LogP contribution in [0.1, 0.15) is 18.1 Å². The number of fused-ring (bicyclic) bond motifs is 1. The van der Waals surface area contributed by atoms with Crippen molar-refractivity contribution in [3.05, 3.63) is 35.9 Å². The maximum Gasteiger partial charge on any atom is 0.312 e. The van der Waals surface area contributed by atoms with Crippen molar-refractivity contribution in [2.24, 2.45) is 5.92 Å². The van der Waals surface area contributed by atoms with Crippen LogP contribution in [0, 0.1) is 5.92 Å². The third kappa shape index (κ3) is 1.35. The average Bonchev–Trinajstić information content (AvgIpc) is 2.84. The predicted molar refractivity (Wildman–Crippen MR) is 53.1 cm³/mol. The lowest BCUT2D eigenvalue weighted by Crippen LogP contribution is -2.18. The summed E-state index contributed by atoms with van der Waals surface area (Å²) in [5.41, 5.74) is 1.03. The van der Waals surface area contributed by atoms with Gasteiger partial charge in [0.2, 0.25) is 0 Å². The molecule has 0 aliphatic carbocycles. The Hall–Kier alpha value is -1.35. The van der Waals surface area contributed by atoms with Crippen molar-refractivity contribution in [1.29, 1.82) is 0 Å². The van der Waals surface area contributed by atoms with Crippen molar-refractivity contribution in [2.75, 3.05) is 6.61 Å². The fourth-order valence-electron chi connectivity index (χ4n) is 2.34. The summed E-state index contributed by atoms with van der Waals surface area (Å²) in [6.45, 7) is 0.674. The van der Waals surface area contributed by atoms with Crippen LogP contribution in [0.3, 0.4) is 0 Å². The van der Waals surface area contributed by atoms with Gasteiger partial charge in [0.05, 0.1) is 5.92 Å². The first-order valence-electron chi connectivity index (χ1n) is 5.23. The lowest BCUT2D eigenvalue weighted by atomic mass is 9.97. The van der Waals surface area contributed by atoms with Crippen molar-refractivity contribution >= 4 is 5.97 Å². The van der Waals surface area contributed by atoms with Crippen LogP contribution in [0.15, 0.2) is 30.3 Å². The highest BCUT2D eigenvalue weighted by atomic mass is 16.6. The van der Waals surface area contributed by atoms with E-state index in [1.54, 1.807) is 0 Å². The zero-order valence-electron chi connectivity index (χ0n) is 8.26. The fraction of sp³-hybridized carbons (Fsp3) is 0.417. The third-order valence-corrected chi connectivity index (χ3v) is 3.11. The Kier molecular flexibility index (Phi) is 1.99. The number of cyclic esters (lactones) is 1. The Morgan fingerprint density at radius 2 is 2.00 bits per heavy atom. The number of hydrogen-bond acceptors (Lipinski definition) is 3. The van der Waals surface area contributed by atoms with Gasteiger partial charge in [-0.3, -0.25) is 4.79 Å². The molecular weight excluding hydrogens is 192 g/mol. The number of carbonyl (C=O) groups excluding carboxylic acids is 1. The van der Waals surface area contributed by atoms with Crippen LogP contribution in [-0.2, 0) is 14.3 Å². The van der Waals surface area contributed by atoms with Crippen molar-refractivity contribution in [3.63, 3.8) is 0 Å². The molecular formula is C12H12O3. The fourth-order valence-corrected chi connectivity index (χ4v) is 2.34. The van der Waals surface area contributed by atoms with Gasteiger partial charge in [-0.1, -0.05) is 30.3 Å². The van der Waals surface area contributed by atoms with Gasteiger partial charge < -0.3 is 9.47 Å². The molecule has 3 nitrogen and oxygen atoms in total. The zero-order valence-corrected chi connectivity index (χ0v) is 8.26. The summed E-state index contributed by atoms with van der Waals surface area (Å²) in [5, 5.41) is 0. The second-order valence-corrected chi connectivity index (χ2v) is 4.00. The molecule has 3 heteroatoms. The Morgan fingerprint density at radius 1 is 1.20 bits per heavy atom. The molecule has 2 aliphatic rings. The standard InChI is InChI=1S/C12H12O3/c13-12-9-6-7-14-11(9)10(15-12)8-4-2-1-3-5-8/h1-5,9-11H,6-7H2/t9-,10-,11+/m1/s1. The van der Waals surface area contributed by atoms with E-state index in [4.69, 9.17) is 9.47 Å². The molecule has 3 rings (SSSR count). The van der Waals surface area contributed by atoms with Gasteiger partial charge in [0.25, 0.3) is 0 Å². The number of benzene rings is 1. The normalized spacial score (nSPS) is 33.9. The number of hydrogen-bond donors (Lipinski definition) is 0. The van der Waals surface area contributed by atoms with E-state index < -0.39 is 0 Å². The molecule has 15 heavy (non-hydrogen) atoms. The van der Waals surface area contributed by atoms with E-state index >= 15 is 0 Å². The zero-order chi connectivity index (χ0) is 10.3. The summed E-state index contributed by atoms with van der Waals surface area (Å²) in [6, 6.07) is 9.80. The molecule has 0 saturated carbocycles. The van der Waals surface area contributed by atoms with Crippen molar-refractivity contribution in [2.45, 2.75) is 18.6 Å². The Morgan fingerprint density at radius 3 is 2.80 bits per heavy atom. The van der Waals surface area contributed by atoms with Gasteiger partial charge in [0, 0.05) is 6.61 Å². The number of ether oxygens (including phenoxy) is 2. The highest BCUT2D eigenvalue weighted by Crippen LogP contribution is 2.40. The molecule has 0 bridgehead atoms. The summed E-state index contributed by atoms with van der Waals surface area (Å²) < 4.78 is 10.9. The number of rotatable bonds is 1. The Bertz CT molecular complexity index is 374. The smallest absolute Gasteiger partial charge is 0.312 e. The van der Waals surface area contributed by atoms with Gasteiger partial charge in [-0.15, -0.1) is 0 Å². The van der Waals surface area contributed by atoms with E-state index in [1.165, 1.54) is 0 Å². The van der Waals surface area contributed by atoms with E-state index in [0.717, 1.165) is 12.0 Å². The molecule has 78 valence electrons. The van der Waals surface area contributed by atoms with Crippen LogP contribution in [0.4, 0.5) is 0 Å². The largest absolute Gasteiger partial charge is 0.454 e. The van der Waals surface area contributed by atoms with Crippen LogP contribution < -0.4 is 0 Å². The van der Waals surface area contributed by atoms with Crippen LogP contribution in [0.2, 0.25) is 0 Å². The van der Waals surface area contributed by atoms with E-state index in [-0.39, 0.29) is 24.1 Å². The van der Waals surface area contributed by atoms with E-state index in [1.807, 2.05) is 30.3 Å². The van der Waals surface area contributed by atoms with Crippen LogP contribution in [0.25, 0.3) is 0 Å². The third-order valence-electron chi connectivity index (χ3n) is 3.11. The van der Waals surface area contributed by atoms with Gasteiger partial charge in [0.1, 0.15) is 6.10 Å². The molecule has 0 radical (unpaired) electrons. The monoisotopic (exact) mass is 204 g/mol. The van der Waals surface area contributed by atoms with E-state index in [0.29, 0.717) is 6.61 Å². The van der Waals surface area contributed by atoms with Gasteiger partial charge >= 0.3 is 5.97 Å². The molecule has 1 aromatic rings. The van der Waals surface area contributed by atoms with Gasteiger partial charge in [-0.2, -0.15) is 0 Å². The van der Waals surface area contributed by atoms with E-state index in [2.05, 4.69) is 0 Å². The lowest BCUT2D eigenvalue weighted by Gasteiger charge is -2.15. The second-order valence-electron chi connectivity index (χ2n) is 4.00. The minimum atomic E-state index is -0.203. The minimum Gasteiger partial charge on any atom is -0.454 e. The van der Waals surface area contributed by atoms with Gasteiger partial charge in [-0.05, 0) is 12.0 Å². The molecule has 0 amide bonds. The first kappa shape index (κ1) is 8.92. The summed E-state index contributed by atoms with van der Waals surface area (Å²) in [6.07, 6.45) is 0.526. The Balaban J connectivity index is 1.92. The molecule has 0 spiro atoms. The van der Waals surface area contributed by atoms with Crippen LogP contribution >= 0.6 is 0 Å². The SMILES string of the molecule is O=C1O[C@H](c2ccccc2)[C@H]2OCC[C@@H]12. The molecule has 0 unspecified atom stereocenters. The van der Waals surface area contributed by atoms with E-state index in [9.17, 15) is 4.79 Å².